The first-order valence-electron chi connectivity index (χ1n) is 5.40. The van der Waals surface area contributed by atoms with Crippen LogP contribution in [0, 0.1) is 18.8 Å². The van der Waals surface area contributed by atoms with E-state index in [9.17, 15) is 0 Å². The van der Waals surface area contributed by atoms with Crippen molar-refractivity contribution in [3.05, 3.63) is 54.1 Å². The number of benzene rings is 1. The van der Waals surface area contributed by atoms with Crippen molar-refractivity contribution >= 4 is 0 Å². The second kappa shape index (κ2) is 5.92. The van der Waals surface area contributed by atoms with E-state index in [1.165, 1.54) is 11.1 Å². The topological polar surface area (TPSA) is 12.0 Å². The van der Waals surface area contributed by atoms with Crippen LogP contribution in [0.3, 0.4) is 0 Å². The van der Waals surface area contributed by atoms with Crippen molar-refractivity contribution in [2.24, 2.45) is 0 Å². The molecule has 16 heavy (non-hydrogen) atoms. The predicted octanol–water partition coefficient (Wildman–Crippen LogP) is 3.06. The maximum atomic E-state index is 3.93. The molecular weight excluding hydrogens is 194 g/mol. The number of hydrogen-bond acceptors (Lipinski definition) is 1. The Kier molecular flexibility index (Phi) is 4.54. The first-order chi connectivity index (χ1) is 7.67. The number of rotatable bonds is 4. The smallest absolute Gasteiger partial charge is 0.111 e. The molecule has 0 atom stereocenters. The van der Waals surface area contributed by atoms with Gasteiger partial charge in [-0.15, -0.1) is 5.92 Å². The van der Waals surface area contributed by atoms with Crippen LogP contribution in [0.4, 0.5) is 0 Å². The molecule has 1 N–H and O–H groups in total. The largest absolute Gasteiger partial charge is 0.385 e. The molecule has 0 aliphatic heterocycles. The van der Waals surface area contributed by atoms with E-state index in [1.54, 1.807) is 0 Å². The Labute approximate surface area is 98.6 Å². The van der Waals surface area contributed by atoms with Gasteiger partial charge >= 0.3 is 0 Å². The van der Waals surface area contributed by atoms with E-state index < -0.39 is 0 Å². The molecule has 0 bridgehead atoms. The van der Waals surface area contributed by atoms with E-state index in [2.05, 4.69) is 48.9 Å². The Morgan fingerprint density at radius 3 is 2.81 bits per heavy atom. The van der Waals surface area contributed by atoms with Crippen LogP contribution in [0.1, 0.15) is 30.5 Å². The summed E-state index contributed by atoms with van der Waals surface area (Å²) in [6.45, 7) is 12.4. The molecule has 0 spiro atoms. The van der Waals surface area contributed by atoms with Gasteiger partial charge in [-0.3, -0.25) is 0 Å². The van der Waals surface area contributed by atoms with Crippen molar-refractivity contribution in [2.75, 3.05) is 0 Å². The summed E-state index contributed by atoms with van der Waals surface area (Å²) in [5.41, 5.74) is 4.50. The standard InChI is InChI=1S/C15H18N/c1-5-7-15-9-8-13(10-14(15)6-2)11-16-12(3)4/h8-10,16H,2-3,6,11H2,1,4H3/q+1. The Morgan fingerprint density at radius 2 is 2.25 bits per heavy atom. The lowest BCUT2D eigenvalue weighted by Crippen LogP contribution is -2.09. The zero-order chi connectivity index (χ0) is 12.0. The highest BCUT2D eigenvalue weighted by molar-refractivity contribution is 5.43. The molecule has 1 rings (SSSR count). The van der Waals surface area contributed by atoms with Crippen LogP contribution in [0.25, 0.3) is 0 Å². The van der Waals surface area contributed by atoms with Crippen LogP contribution in [0.5, 0.6) is 0 Å². The lowest BCUT2D eigenvalue weighted by molar-refractivity contribution is 0.814. The van der Waals surface area contributed by atoms with Gasteiger partial charge in [-0.25, -0.2) is 0 Å². The zero-order valence-corrected chi connectivity index (χ0v) is 10.1. The van der Waals surface area contributed by atoms with Crippen molar-refractivity contribution in [2.45, 2.75) is 26.8 Å². The minimum atomic E-state index is 0.769. The molecular formula is C15H18N+. The van der Waals surface area contributed by atoms with Crippen molar-refractivity contribution in [3.63, 3.8) is 0 Å². The molecule has 0 aliphatic carbocycles. The summed E-state index contributed by atoms with van der Waals surface area (Å²) in [6, 6.07) is 6.31. The maximum Gasteiger partial charge on any atom is 0.111 e. The fourth-order valence-electron chi connectivity index (χ4n) is 1.47. The Bertz CT molecular complexity index is 432. The van der Waals surface area contributed by atoms with Crippen molar-refractivity contribution in [3.8, 4) is 11.8 Å². The molecule has 0 aliphatic rings. The third kappa shape index (κ3) is 3.40. The molecule has 0 fully saturated rings. The summed E-state index contributed by atoms with van der Waals surface area (Å²) >= 11 is 0. The van der Waals surface area contributed by atoms with Crippen molar-refractivity contribution in [1.82, 2.24) is 5.32 Å². The van der Waals surface area contributed by atoms with E-state index in [0.29, 0.717) is 0 Å². The lowest BCUT2D eigenvalue weighted by atomic mass is 10.0. The molecule has 0 radical (unpaired) electrons. The van der Waals surface area contributed by atoms with Gasteiger partial charge in [-0.1, -0.05) is 18.6 Å². The molecule has 82 valence electrons. The van der Waals surface area contributed by atoms with Crippen LogP contribution in [0.2, 0.25) is 0 Å². The van der Waals surface area contributed by atoms with Gasteiger partial charge in [0.1, 0.15) is 6.42 Å². The second-order valence-corrected chi connectivity index (χ2v) is 3.75. The van der Waals surface area contributed by atoms with Gasteiger partial charge in [0.2, 0.25) is 0 Å². The Hall–Kier alpha value is -1.81. The quantitative estimate of drug-likeness (QED) is 0.597. The van der Waals surface area contributed by atoms with Gasteiger partial charge in [-0.2, -0.15) is 0 Å². The average molecular weight is 212 g/mol. The van der Waals surface area contributed by atoms with Gasteiger partial charge in [0.15, 0.2) is 0 Å². The maximum absolute atomic E-state index is 3.93. The van der Waals surface area contributed by atoms with Crippen LogP contribution >= 0.6 is 0 Å². The van der Waals surface area contributed by atoms with Gasteiger partial charge in [-0.05, 0) is 31.5 Å². The summed E-state index contributed by atoms with van der Waals surface area (Å²) in [5.74, 6) is 6.01. The first-order valence-corrected chi connectivity index (χ1v) is 5.40. The molecule has 0 unspecified atom stereocenters. The highest BCUT2D eigenvalue weighted by Crippen LogP contribution is 2.12. The van der Waals surface area contributed by atoms with E-state index in [1.807, 2.05) is 13.8 Å². The highest BCUT2D eigenvalue weighted by atomic mass is 14.9. The third-order valence-corrected chi connectivity index (χ3v) is 2.29. The second-order valence-electron chi connectivity index (χ2n) is 3.75. The summed E-state index contributed by atoms with van der Waals surface area (Å²) in [6.07, 6.45) is 0.769. The zero-order valence-electron chi connectivity index (χ0n) is 10.1. The minimum Gasteiger partial charge on any atom is -0.385 e. The molecule has 0 saturated heterocycles. The fourth-order valence-corrected chi connectivity index (χ4v) is 1.47. The molecule has 1 aromatic rings. The summed E-state index contributed by atoms with van der Waals surface area (Å²) in [4.78, 5) is 0. The van der Waals surface area contributed by atoms with Gasteiger partial charge < -0.3 is 5.32 Å². The predicted molar refractivity (Wildman–Crippen MR) is 69.7 cm³/mol. The van der Waals surface area contributed by atoms with E-state index in [-0.39, 0.29) is 0 Å². The molecule has 1 heteroatoms. The number of hydrogen-bond donors (Lipinski definition) is 1. The Morgan fingerprint density at radius 1 is 1.50 bits per heavy atom. The third-order valence-electron chi connectivity index (χ3n) is 2.29. The normalized spacial score (nSPS) is 9.12. The molecule has 0 heterocycles. The van der Waals surface area contributed by atoms with Crippen LogP contribution in [-0.2, 0) is 13.0 Å². The van der Waals surface area contributed by atoms with Crippen LogP contribution in [-0.4, -0.2) is 0 Å². The van der Waals surface area contributed by atoms with Gasteiger partial charge in [0.25, 0.3) is 0 Å². The molecule has 1 nitrogen and oxygen atoms in total. The van der Waals surface area contributed by atoms with Crippen LogP contribution in [0.15, 0.2) is 30.5 Å². The Balaban J connectivity index is 2.89. The SMILES string of the molecule is C=C(C)NCc1ccc(C#CC)c(C[CH2+])c1. The van der Waals surface area contributed by atoms with Crippen molar-refractivity contribution in [1.29, 1.82) is 0 Å². The first kappa shape index (κ1) is 12.3. The fraction of sp³-hybridized carbons (Fsp3) is 0.267. The highest BCUT2D eigenvalue weighted by Gasteiger charge is 2.02. The van der Waals surface area contributed by atoms with E-state index in [0.717, 1.165) is 24.2 Å². The molecule has 1 aromatic carbocycles. The minimum absolute atomic E-state index is 0.769. The number of nitrogens with one attached hydrogen (secondary N) is 1. The lowest BCUT2D eigenvalue weighted by Gasteiger charge is -2.07. The van der Waals surface area contributed by atoms with Crippen molar-refractivity contribution < 1.29 is 0 Å². The average Bonchev–Trinajstić information content (AvgIpc) is 2.28. The summed E-state index contributed by atoms with van der Waals surface area (Å²) in [7, 11) is 0. The van der Waals surface area contributed by atoms with E-state index in [4.69, 9.17) is 0 Å². The van der Waals surface area contributed by atoms with Gasteiger partial charge in [0, 0.05) is 23.4 Å². The summed E-state index contributed by atoms with van der Waals surface area (Å²) < 4.78 is 0. The molecule has 0 aromatic heterocycles. The van der Waals surface area contributed by atoms with Gasteiger partial charge in [0.05, 0.1) is 6.92 Å². The molecule has 0 saturated carbocycles. The molecule has 0 amide bonds. The monoisotopic (exact) mass is 212 g/mol. The van der Waals surface area contributed by atoms with Crippen LogP contribution < -0.4 is 5.32 Å². The summed E-state index contributed by atoms with van der Waals surface area (Å²) in [5, 5.41) is 3.21. The number of allylic oxidation sites excluding steroid dienone is 1. The van der Waals surface area contributed by atoms with E-state index >= 15 is 0 Å².